The van der Waals surface area contributed by atoms with E-state index in [4.69, 9.17) is 10.5 Å². The van der Waals surface area contributed by atoms with Crippen molar-refractivity contribution >= 4 is 15.9 Å². The number of carbonyl (C=O) groups is 1. The number of nitrogens with one attached hydrogen (secondary N) is 2. The predicted octanol–water partition coefficient (Wildman–Crippen LogP) is -0.00430. The highest BCUT2D eigenvalue weighted by Gasteiger charge is 2.18. The Kier molecular flexibility index (Phi) is 4.24. The van der Waals surface area contributed by atoms with E-state index < -0.39 is 15.9 Å². The van der Waals surface area contributed by atoms with Crippen molar-refractivity contribution in [2.75, 3.05) is 7.11 Å². The van der Waals surface area contributed by atoms with Crippen LogP contribution in [0.5, 0.6) is 5.75 Å². The number of methoxy groups -OCH3 is 1. The normalized spacial score (nSPS) is 11.3. The van der Waals surface area contributed by atoms with Crippen molar-refractivity contribution in [2.24, 2.45) is 5.73 Å². The zero-order valence-electron chi connectivity index (χ0n) is 11.2. The molecule has 9 heteroatoms. The van der Waals surface area contributed by atoms with E-state index in [-0.39, 0.29) is 22.8 Å². The molecule has 0 aliphatic heterocycles. The summed E-state index contributed by atoms with van der Waals surface area (Å²) >= 11 is 0. The first-order valence-electron chi connectivity index (χ1n) is 5.90. The fraction of sp³-hybridized carbons (Fsp3) is 0.167. The van der Waals surface area contributed by atoms with E-state index in [1.165, 1.54) is 31.5 Å². The number of primary amides is 1. The number of benzene rings is 1. The van der Waals surface area contributed by atoms with Gasteiger partial charge in [-0.2, -0.15) is 5.10 Å². The number of carbonyl (C=O) groups excluding carboxylic acids is 1. The summed E-state index contributed by atoms with van der Waals surface area (Å²) in [4.78, 5) is 11.2. The van der Waals surface area contributed by atoms with E-state index in [0.29, 0.717) is 5.69 Å². The van der Waals surface area contributed by atoms with Crippen LogP contribution in [-0.4, -0.2) is 31.6 Å². The molecule has 112 valence electrons. The zero-order chi connectivity index (χ0) is 15.5. The molecule has 1 aromatic carbocycles. The average Bonchev–Trinajstić information content (AvgIpc) is 2.97. The van der Waals surface area contributed by atoms with Crippen molar-refractivity contribution in [2.45, 2.75) is 11.4 Å². The van der Waals surface area contributed by atoms with Gasteiger partial charge in [-0.15, -0.1) is 0 Å². The second-order valence-corrected chi connectivity index (χ2v) is 5.90. The van der Waals surface area contributed by atoms with E-state index in [0.717, 1.165) is 0 Å². The average molecular weight is 310 g/mol. The third-order valence-corrected chi connectivity index (χ3v) is 4.16. The minimum Gasteiger partial charge on any atom is -0.496 e. The number of ether oxygens (including phenoxy) is 1. The standard InChI is InChI=1S/C12H14N4O4S/c1-20-11-3-2-9(6-10(11)12(13)17)21(18,19)15-7-8-4-5-14-16-8/h2-6,15H,7H2,1H3,(H2,13,17)(H,14,16). The molecule has 0 bridgehead atoms. The van der Waals surface area contributed by atoms with Gasteiger partial charge in [0, 0.05) is 6.20 Å². The van der Waals surface area contributed by atoms with Gasteiger partial charge in [0.15, 0.2) is 0 Å². The minimum atomic E-state index is -3.78. The Morgan fingerprint density at radius 2 is 2.19 bits per heavy atom. The molecule has 0 saturated carbocycles. The number of rotatable bonds is 6. The van der Waals surface area contributed by atoms with Gasteiger partial charge in [-0.1, -0.05) is 0 Å². The maximum atomic E-state index is 12.2. The summed E-state index contributed by atoms with van der Waals surface area (Å²) in [7, 11) is -2.41. The maximum absolute atomic E-state index is 12.2. The number of sulfonamides is 1. The van der Waals surface area contributed by atoms with Crippen LogP contribution in [0.2, 0.25) is 0 Å². The Morgan fingerprint density at radius 3 is 2.76 bits per heavy atom. The number of nitrogens with zero attached hydrogens (tertiary/aromatic N) is 1. The number of aromatic amines is 1. The summed E-state index contributed by atoms with van der Waals surface area (Å²) in [6.07, 6.45) is 1.52. The van der Waals surface area contributed by atoms with Crippen molar-refractivity contribution in [3.8, 4) is 5.75 Å². The third-order valence-electron chi connectivity index (χ3n) is 2.76. The second-order valence-electron chi connectivity index (χ2n) is 4.13. The Morgan fingerprint density at radius 1 is 1.43 bits per heavy atom. The predicted molar refractivity (Wildman–Crippen MR) is 74.1 cm³/mol. The van der Waals surface area contributed by atoms with Crippen molar-refractivity contribution in [1.82, 2.24) is 14.9 Å². The molecule has 4 N–H and O–H groups in total. The Labute approximate surface area is 121 Å². The molecule has 0 fully saturated rings. The van der Waals surface area contributed by atoms with Gasteiger partial charge >= 0.3 is 0 Å². The van der Waals surface area contributed by atoms with Gasteiger partial charge in [-0.3, -0.25) is 9.89 Å². The van der Waals surface area contributed by atoms with Gasteiger partial charge in [-0.25, -0.2) is 13.1 Å². The van der Waals surface area contributed by atoms with Gasteiger partial charge in [0.05, 0.1) is 29.8 Å². The Bertz CT molecular complexity index is 741. The third kappa shape index (κ3) is 3.38. The highest BCUT2D eigenvalue weighted by molar-refractivity contribution is 7.89. The van der Waals surface area contributed by atoms with Crippen molar-refractivity contribution < 1.29 is 17.9 Å². The zero-order valence-corrected chi connectivity index (χ0v) is 12.0. The number of aromatic nitrogens is 2. The van der Waals surface area contributed by atoms with Crippen LogP contribution in [0.1, 0.15) is 16.1 Å². The van der Waals surface area contributed by atoms with Gasteiger partial charge < -0.3 is 10.5 Å². The lowest BCUT2D eigenvalue weighted by atomic mass is 10.2. The van der Waals surface area contributed by atoms with Crippen LogP contribution in [0.15, 0.2) is 35.4 Å². The summed E-state index contributed by atoms with van der Waals surface area (Å²) in [5.74, 6) is -0.549. The molecular weight excluding hydrogens is 296 g/mol. The molecular formula is C12H14N4O4S. The van der Waals surface area contributed by atoms with E-state index in [2.05, 4.69) is 14.9 Å². The highest BCUT2D eigenvalue weighted by atomic mass is 32.2. The minimum absolute atomic E-state index is 0.00177. The smallest absolute Gasteiger partial charge is 0.252 e. The largest absolute Gasteiger partial charge is 0.496 e. The Balaban J connectivity index is 2.27. The summed E-state index contributed by atoms with van der Waals surface area (Å²) in [5, 5.41) is 6.36. The number of nitrogens with two attached hydrogens (primary N) is 1. The van der Waals surface area contributed by atoms with E-state index >= 15 is 0 Å². The van der Waals surface area contributed by atoms with Crippen LogP contribution >= 0.6 is 0 Å². The van der Waals surface area contributed by atoms with E-state index in [1.807, 2.05) is 0 Å². The van der Waals surface area contributed by atoms with Crippen molar-refractivity contribution in [1.29, 1.82) is 0 Å². The van der Waals surface area contributed by atoms with Crippen LogP contribution in [-0.2, 0) is 16.6 Å². The molecule has 1 heterocycles. The molecule has 0 spiro atoms. The van der Waals surface area contributed by atoms with Gasteiger partial charge in [0.1, 0.15) is 5.75 Å². The van der Waals surface area contributed by atoms with Crippen molar-refractivity contribution in [3.05, 3.63) is 41.7 Å². The number of H-pyrrole nitrogens is 1. The maximum Gasteiger partial charge on any atom is 0.252 e. The number of amides is 1. The van der Waals surface area contributed by atoms with Crippen LogP contribution in [0.4, 0.5) is 0 Å². The van der Waals surface area contributed by atoms with Crippen molar-refractivity contribution in [3.63, 3.8) is 0 Å². The van der Waals surface area contributed by atoms with Gasteiger partial charge in [0.2, 0.25) is 10.0 Å². The fourth-order valence-corrected chi connectivity index (χ4v) is 2.72. The van der Waals surface area contributed by atoms with Crippen LogP contribution < -0.4 is 15.2 Å². The topological polar surface area (TPSA) is 127 Å². The van der Waals surface area contributed by atoms with E-state index in [9.17, 15) is 13.2 Å². The molecule has 0 atom stereocenters. The summed E-state index contributed by atoms with van der Waals surface area (Å²) in [5.41, 5.74) is 5.82. The summed E-state index contributed by atoms with van der Waals surface area (Å²) in [6, 6.07) is 5.53. The number of hydrogen-bond donors (Lipinski definition) is 3. The summed E-state index contributed by atoms with van der Waals surface area (Å²) < 4.78 is 31.7. The van der Waals surface area contributed by atoms with Crippen LogP contribution in [0.3, 0.4) is 0 Å². The molecule has 0 saturated heterocycles. The van der Waals surface area contributed by atoms with Gasteiger partial charge in [0.25, 0.3) is 5.91 Å². The first-order chi connectivity index (χ1) is 9.94. The Hall–Kier alpha value is -2.39. The lowest BCUT2D eigenvalue weighted by Crippen LogP contribution is -2.24. The van der Waals surface area contributed by atoms with Crippen LogP contribution in [0.25, 0.3) is 0 Å². The van der Waals surface area contributed by atoms with Gasteiger partial charge in [-0.05, 0) is 24.3 Å². The lowest BCUT2D eigenvalue weighted by Gasteiger charge is -2.09. The molecule has 0 unspecified atom stereocenters. The molecule has 21 heavy (non-hydrogen) atoms. The molecule has 0 aliphatic rings. The first kappa shape index (κ1) is 15.0. The fourth-order valence-electron chi connectivity index (χ4n) is 1.69. The lowest BCUT2D eigenvalue weighted by molar-refractivity contribution is 0.0997. The highest BCUT2D eigenvalue weighted by Crippen LogP contribution is 2.22. The quantitative estimate of drug-likeness (QED) is 0.692. The molecule has 0 aliphatic carbocycles. The molecule has 1 aromatic heterocycles. The summed E-state index contributed by atoms with van der Waals surface area (Å²) in [6.45, 7) is 0.0558. The molecule has 2 rings (SSSR count). The molecule has 8 nitrogen and oxygen atoms in total. The second kappa shape index (κ2) is 5.94. The van der Waals surface area contributed by atoms with Crippen LogP contribution in [0, 0.1) is 0 Å². The monoisotopic (exact) mass is 310 g/mol. The first-order valence-corrected chi connectivity index (χ1v) is 7.38. The molecule has 1 amide bonds. The number of hydrogen-bond acceptors (Lipinski definition) is 5. The SMILES string of the molecule is COc1ccc(S(=O)(=O)NCc2ccn[nH]2)cc1C(N)=O. The molecule has 0 radical (unpaired) electrons. The van der Waals surface area contributed by atoms with E-state index in [1.54, 1.807) is 6.07 Å². The molecule has 2 aromatic rings.